The first-order chi connectivity index (χ1) is 8.15. The molecular weight excluding hydrogens is 284 g/mol. The standard InChI is InChI=1S/C13H15BrO3/c14-11-3-1-2-4-12(11)17-10-6-5-9(7-10)8-13(15)16/h1-4,9-10H,5-8H2,(H,15,16). The van der Waals surface area contributed by atoms with Gasteiger partial charge in [-0.2, -0.15) is 0 Å². The van der Waals surface area contributed by atoms with Crippen LogP contribution in [0.3, 0.4) is 0 Å². The topological polar surface area (TPSA) is 46.5 Å². The SMILES string of the molecule is O=C(O)CC1CCC(Oc2ccccc2Br)C1. The van der Waals surface area contributed by atoms with Gasteiger partial charge in [0.25, 0.3) is 0 Å². The summed E-state index contributed by atoms with van der Waals surface area (Å²) in [5.74, 6) is 0.394. The van der Waals surface area contributed by atoms with Crippen LogP contribution in [0.25, 0.3) is 0 Å². The molecule has 0 heterocycles. The molecular formula is C13H15BrO3. The lowest BCUT2D eigenvalue weighted by molar-refractivity contribution is -0.138. The van der Waals surface area contributed by atoms with Crippen molar-refractivity contribution in [1.82, 2.24) is 0 Å². The van der Waals surface area contributed by atoms with Crippen molar-refractivity contribution in [2.24, 2.45) is 5.92 Å². The number of para-hydroxylation sites is 1. The highest BCUT2D eigenvalue weighted by Gasteiger charge is 2.27. The molecule has 2 unspecified atom stereocenters. The second kappa shape index (κ2) is 5.54. The van der Waals surface area contributed by atoms with E-state index in [1.165, 1.54) is 0 Å². The van der Waals surface area contributed by atoms with Gasteiger partial charge in [0, 0.05) is 6.42 Å². The quantitative estimate of drug-likeness (QED) is 0.926. The van der Waals surface area contributed by atoms with Gasteiger partial charge in [0.2, 0.25) is 0 Å². The highest BCUT2D eigenvalue weighted by Crippen LogP contribution is 2.33. The first-order valence-corrected chi connectivity index (χ1v) is 6.57. The van der Waals surface area contributed by atoms with Gasteiger partial charge in [0.05, 0.1) is 10.6 Å². The van der Waals surface area contributed by atoms with Crippen LogP contribution in [-0.2, 0) is 4.79 Å². The fourth-order valence-corrected chi connectivity index (χ4v) is 2.67. The van der Waals surface area contributed by atoms with E-state index >= 15 is 0 Å². The van der Waals surface area contributed by atoms with Crippen LogP contribution in [0.4, 0.5) is 0 Å². The van der Waals surface area contributed by atoms with Crippen LogP contribution in [0, 0.1) is 5.92 Å². The molecule has 0 bridgehead atoms. The normalized spacial score (nSPS) is 23.6. The Morgan fingerprint density at radius 1 is 1.41 bits per heavy atom. The molecule has 17 heavy (non-hydrogen) atoms. The number of rotatable bonds is 4. The Bertz CT molecular complexity index is 405. The number of carboxylic acid groups (broad SMARTS) is 1. The predicted octanol–water partition coefficient (Wildman–Crippen LogP) is 3.47. The smallest absolute Gasteiger partial charge is 0.303 e. The van der Waals surface area contributed by atoms with E-state index in [9.17, 15) is 4.79 Å². The van der Waals surface area contributed by atoms with Gasteiger partial charge in [0.15, 0.2) is 0 Å². The monoisotopic (exact) mass is 298 g/mol. The minimum atomic E-state index is -0.712. The third-order valence-corrected chi connectivity index (χ3v) is 3.74. The summed E-state index contributed by atoms with van der Waals surface area (Å²) in [5.41, 5.74) is 0. The molecule has 0 amide bonds. The average Bonchev–Trinajstić information content (AvgIpc) is 2.68. The van der Waals surface area contributed by atoms with Crippen LogP contribution in [-0.4, -0.2) is 17.2 Å². The van der Waals surface area contributed by atoms with E-state index in [1.807, 2.05) is 24.3 Å². The molecule has 1 aromatic rings. The third-order valence-electron chi connectivity index (χ3n) is 3.09. The van der Waals surface area contributed by atoms with Crippen molar-refractivity contribution in [3.05, 3.63) is 28.7 Å². The maximum absolute atomic E-state index is 10.6. The van der Waals surface area contributed by atoms with Crippen LogP contribution >= 0.6 is 15.9 Å². The molecule has 1 fully saturated rings. The fourth-order valence-electron chi connectivity index (χ4n) is 2.29. The van der Waals surface area contributed by atoms with E-state index in [2.05, 4.69) is 15.9 Å². The summed E-state index contributed by atoms with van der Waals surface area (Å²) in [4.78, 5) is 10.6. The van der Waals surface area contributed by atoms with E-state index < -0.39 is 5.97 Å². The summed E-state index contributed by atoms with van der Waals surface area (Å²) in [6, 6.07) is 7.75. The lowest BCUT2D eigenvalue weighted by atomic mass is 10.0. The molecule has 0 saturated heterocycles. The van der Waals surface area contributed by atoms with E-state index in [1.54, 1.807) is 0 Å². The van der Waals surface area contributed by atoms with Crippen molar-refractivity contribution in [2.75, 3.05) is 0 Å². The van der Waals surface area contributed by atoms with Gasteiger partial charge in [-0.3, -0.25) is 4.79 Å². The predicted molar refractivity (Wildman–Crippen MR) is 68.2 cm³/mol. The van der Waals surface area contributed by atoms with E-state index in [0.717, 1.165) is 29.5 Å². The van der Waals surface area contributed by atoms with Crippen molar-refractivity contribution in [2.45, 2.75) is 31.8 Å². The number of hydrogen-bond acceptors (Lipinski definition) is 2. The van der Waals surface area contributed by atoms with Crippen LogP contribution < -0.4 is 4.74 Å². The minimum absolute atomic E-state index is 0.151. The summed E-state index contributed by atoms with van der Waals surface area (Å²) in [6.07, 6.45) is 3.14. The largest absolute Gasteiger partial charge is 0.489 e. The molecule has 2 rings (SSSR count). The molecule has 1 aliphatic rings. The van der Waals surface area contributed by atoms with Gasteiger partial charge in [-0.05, 0) is 53.2 Å². The minimum Gasteiger partial charge on any atom is -0.489 e. The van der Waals surface area contributed by atoms with E-state index in [0.29, 0.717) is 0 Å². The Morgan fingerprint density at radius 2 is 2.18 bits per heavy atom. The molecule has 1 aliphatic carbocycles. The fraction of sp³-hybridized carbons (Fsp3) is 0.462. The van der Waals surface area contributed by atoms with Crippen molar-refractivity contribution in [3.63, 3.8) is 0 Å². The van der Waals surface area contributed by atoms with E-state index in [4.69, 9.17) is 9.84 Å². The summed E-state index contributed by atoms with van der Waals surface area (Å²) in [7, 11) is 0. The van der Waals surface area contributed by atoms with Gasteiger partial charge in [0.1, 0.15) is 5.75 Å². The molecule has 1 N–H and O–H groups in total. The molecule has 0 spiro atoms. The molecule has 92 valence electrons. The molecule has 1 saturated carbocycles. The third kappa shape index (κ3) is 3.46. The molecule has 3 nitrogen and oxygen atoms in total. The van der Waals surface area contributed by atoms with E-state index in [-0.39, 0.29) is 18.4 Å². The number of carbonyl (C=O) groups is 1. The summed E-state index contributed by atoms with van der Waals surface area (Å²) >= 11 is 3.44. The van der Waals surface area contributed by atoms with Crippen molar-refractivity contribution >= 4 is 21.9 Å². The maximum atomic E-state index is 10.6. The maximum Gasteiger partial charge on any atom is 0.303 e. The van der Waals surface area contributed by atoms with Crippen molar-refractivity contribution < 1.29 is 14.6 Å². The molecule has 1 aromatic carbocycles. The zero-order valence-corrected chi connectivity index (χ0v) is 11.0. The summed E-state index contributed by atoms with van der Waals surface area (Å²) in [5, 5.41) is 8.75. The highest BCUT2D eigenvalue weighted by atomic mass is 79.9. The average molecular weight is 299 g/mol. The van der Waals surface area contributed by atoms with Crippen LogP contribution in [0.1, 0.15) is 25.7 Å². The van der Waals surface area contributed by atoms with Crippen LogP contribution in [0.15, 0.2) is 28.7 Å². The van der Waals surface area contributed by atoms with Gasteiger partial charge >= 0.3 is 5.97 Å². The Balaban J connectivity index is 1.90. The number of aliphatic carboxylic acids is 1. The highest BCUT2D eigenvalue weighted by molar-refractivity contribution is 9.10. The second-order valence-electron chi connectivity index (χ2n) is 4.45. The van der Waals surface area contributed by atoms with Crippen LogP contribution in [0.5, 0.6) is 5.75 Å². The number of hydrogen-bond donors (Lipinski definition) is 1. The van der Waals surface area contributed by atoms with Gasteiger partial charge < -0.3 is 9.84 Å². The molecule has 0 radical (unpaired) electrons. The Hall–Kier alpha value is -1.03. The van der Waals surface area contributed by atoms with Crippen molar-refractivity contribution in [1.29, 1.82) is 0 Å². The summed E-state index contributed by atoms with van der Waals surface area (Å²) in [6.45, 7) is 0. The lowest BCUT2D eigenvalue weighted by Crippen LogP contribution is -2.13. The number of halogens is 1. The number of benzene rings is 1. The first kappa shape index (κ1) is 12.4. The summed E-state index contributed by atoms with van der Waals surface area (Å²) < 4.78 is 6.82. The number of carboxylic acids is 1. The van der Waals surface area contributed by atoms with Gasteiger partial charge in [-0.1, -0.05) is 12.1 Å². The molecule has 0 aliphatic heterocycles. The Labute approximate surface area is 109 Å². The molecule has 0 aromatic heterocycles. The first-order valence-electron chi connectivity index (χ1n) is 5.78. The van der Waals surface area contributed by atoms with Gasteiger partial charge in [-0.25, -0.2) is 0 Å². The number of ether oxygens (including phenoxy) is 1. The van der Waals surface area contributed by atoms with Crippen LogP contribution in [0.2, 0.25) is 0 Å². The lowest BCUT2D eigenvalue weighted by Gasteiger charge is -2.14. The van der Waals surface area contributed by atoms with Crippen molar-refractivity contribution in [3.8, 4) is 5.75 Å². The molecule has 4 heteroatoms. The second-order valence-corrected chi connectivity index (χ2v) is 5.30. The zero-order chi connectivity index (χ0) is 12.3. The Kier molecular flexibility index (Phi) is 4.05. The molecule has 2 atom stereocenters. The van der Waals surface area contributed by atoms with Gasteiger partial charge in [-0.15, -0.1) is 0 Å². The zero-order valence-electron chi connectivity index (χ0n) is 9.43. The Morgan fingerprint density at radius 3 is 2.88 bits per heavy atom.